The molecule has 0 bridgehead atoms. The van der Waals surface area contributed by atoms with Gasteiger partial charge in [-0.25, -0.2) is 12.8 Å². The van der Waals surface area contributed by atoms with Crippen LogP contribution in [0, 0.1) is 15.9 Å². The highest BCUT2D eigenvalue weighted by molar-refractivity contribution is 7.89. The molecule has 1 aromatic rings. The zero-order valence-corrected chi connectivity index (χ0v) is 11.6. The second kappa shape index (κ2) is 5.74. The van der Waals surface area contributed by atoms with Crippen LogP contribution in [0.15, 0.2) is 23.1 Å². The molecule has 0 radical (unpaired) electrons. The molecule has 1 amide bonds. The Morgan fingerprint density at radius 2 is 2.10 bits per heavy atom. The Kier molecular flexibility index (Phi) is 4.19. The Bertz CT molecular complexity index is 691. The number of rotatable bonds is 3. The van der Waals surface area contributed by atoms with Crippen molar-refractivity contribution in [3.05, 3.63) is 34.1 Å². The summed E-state index contributed by atoms with van der Waals surface area (Å²) in [6.07, 6.45) is 0.377. The number of hydrogen-bond donors (Lipinski definition) is 1. The van der Waals surface area contributed by atoms with Gasteiger partial charge in [-0.1, -0.05) is 0 Å². The van der Waals surface area contributed by atoms with E-state index >= 15 is 0 Å². The molecule has 0 saturated carbocycles. The molecule has 1 N–H and O–H groups in total. The van der Waals surface area contributed by atoms with Crippen LogP contribution in [-0.2, 0) is 14.8 Å². The van der Waals surface area contributed by atoms with Crippen molar-refractivity contribution in [1.29, 1.82) is 0 Å². The lowest BCUT2D eigenvalue weighted by atomic mass is 10.3. The minimum Gasteiger partial charge on any atom is -0.355 e. The monoisotopic (exact) mass is 317 g/mol. The molecule has 114 valence electrons. The van der Waals surface area contributed by atoms with Crippen LogP contribution in [-0.4, -0.2) is 43.2 Å². The molecule has 0 unspecified atom stereocenters. The zero-order valence-electron chi connectivity index (χ0n) is 10.8. The third kappa shape index (κ3) is 3.16. The first-order valence-corrected chi connectivity index (χ1v) is 7.47. The highest BCUT2D eigenvalue weighted by Crippen LogP contribution is 2.24. The number of nitrogens with one attached hydrogen (secondary N) is 1. The van der Waals surface area contributed by atoms with Crippen molar-refractivity contribution >= 4 is 21.6 Å². The maximum atomic E-state index is 13.8. The fourth-order valence-electron chi connectivity index (χ4n) is 1.93. The largest absolute Gasteiger partial charge is 0.355 e. The summed E-state index contributed by atoms with van der Waals surface area (Å²) in [6.45, 7) is -0.0874. The molecule has 2 rings (SSSR count). The van der Waals surface area contributed by atoms with E-state index in [0.29, 0.717) is 19.0 Å². The van der Waals surface area contributed by atoms with Gasteiger partial charge in [-0.05, 0) is 12.5 Å². The number of non-ortho nitro benzene ring substituents is 1. The van der Waals surface area contributed by atoms with E-state index in [0.717, 1.165) is 16.4 Å². The van der Waals surface area contributed by atoms with Crippen molar-refractivity contribution < 1.29 is 22.5 Å². The first-order chi connectivity index (χ1) is 9.82. The molecular weight excluding hydrogens is 305 g/mol. The number of nitro groups is 1. The Labute approximate surface area is 119 Å². The van der Waals surface area contributed by atoms with Gasteiger partial charge < -0.3 is 5.32 Å². The molecule has 21 heavy (non-hydrogen) atoms. The molecule has 10 heteroatoms. The van der Waals surface area contributed by atoms with Crippen molar-refractivity contribution in [2.24, 2.45) is 0 Å². The van der Waals surface area contributed by atoms with Gasteiger partial charge in [0.05, 0.1) is 11.5 Å². The summed E-state index contributed by atoms with van der Waals surface area (Å²) in [5.74, 6) is -1.59. The zero-order chi connectivity index (χ0) is 15.6. The number of benzene rings is 1. The van der Waals surface area contributed by atoms with Gasteiger partial charge >= 0.3 is 0 Å². The van der Waals surface area contributed by atoms with E-state index in [4.69, 9.17) is 0 Å². The Morgan fingerprint density at radius 3 is 2.76 bits per heavy atom. The summed E-state index contributed by atoms with van der Waals surface area (Å²) >= 11 is 0. The standard InChI is InChI=1S/C11H12FN3O5S/c12-9-3-2-8(15(17)18)6-10(9)21(19,20)14-5-1-4-13-11(16)7-14/h2-3,6H,1,4-5,7H2,(H,13,16). The van der Waals surface area contributed by atoms with Gasteiger partial charge in [-0.3, -0.25) is 14.9 Å². The molecule has 1 fully saturated rings. The smallest absolute Gasteiger partial charge is 0.270 e. The summed E-state index contributed by atoms with van der Waals surface area (Å²) in [6, 6.07) is 2.26. The van der Waals surface area contributed by atoms with E-state index in [-0.39, 0.29) is 6.54 Å². The number of hydrogen-bond acceptors (Lipinski definition) is 5. The van der Waals surface area contributed by atoms with Gasteiger partial charge in [0.15, 0.2) is 0 Å². The van der Waals surface area contributed by atoms with Crippen LogP contribution in [0.1, 0.15) is 6.42 Å². The summed E-state index contributed by atoms with van der Waals surface area (Å²) in [5, 5.41) is 13.2. The van der Waals surface area contributed by atoms with Crippen LogP contribution < -0.4 is 5.32 Å². The number of sulfonamides is 1. The number of halogens is 1. The maximum Gasteiger partial charge on any atom is 0.270 e. The summed E-state index contributed by atoms with van der Waals surface area (Å²) < 4.78 is 39.3. The fourth-order valence-corrected chi connectivity index (χ4v) is 3.44. The average molecular weight is 317 g/mol. The average Bonchev–Trinajstić information content (AvgIpc) is 2.64. The molecule has 1 heterocycles. The number of nitrogens with zero attached hydrogens (tertiary/aromatic N) is 2. The first-order valence-electron chi connectivity index (χ1n) is 6.03. The quantitative estimate of drug-likeness (QED) is 0.634. The topological polar surface area (TPSA) is 110 Å². The van der Waals surface area contributed by atoms with E-state index in [2.05, 4.69) is 5.32 Å². The lowest BCUT2D eigenvalue weighted by molar-refractivity contribution is -0.385. The first kappa shape index (κ1) is 15.3. The number of nitro benzene ring substituents is 1. The van der Waals surface area contributed by atoms with E-state index in [1.807, 2.05) is 0 Å². The minimum absolute atomic E-state index is 0.0310. The van der Waals surface area contributed by atoms with Crippen LogP contribution in [0.4, 0.5) is 10.1 Å². The molecule has 8 nitrogen and oxygen atoms in total. The number of carbonyl (C=O) groups excluding carboxylic acids is 1. The van der Waals surface area contributed by atoms with Crippen LogP contribution in [0.5, 0.6) is 0 Å². The second-order valence-electron chi connectivity index (χ2n) is 4.41. The van der Waals surface area contributed by atoms with Crippen LogP contribution in [0.3, 0.4) is 0 Å². The van der Waals surface area contributed by atoms with E-state index < -0.39 is 43.8 Å². The molecule has 0 atom stereocenters. The van der Waals surface area contributed by atoms with Gasteiger partial charge in [-0.15, -0.1) is 0 Å². The summed E-state index contributed by atoms with van der Waals surface area (Å²) in [7, 11) is -4.31. The van der Waals surface area contributed by atoms with E-state index in [1.54, 1.807) is 0 Å². The molecule has 0 spiro atoms. The Hall–Kier alpha value is -2.07. The molecule has 1 aliphatic rings. The molecule has 0 aromatic heterocycles. The Balaban J connectivity index is 2.45. The van der Waals surface area contributed by atoms with Crippen molar-refractivity contribution in [3.63, 3.8) is 0 Å². The van der Waals surface area contributed by atoms with E-state index in [9.17, 15) is 27.7 Å². The highest BCUT2D eigenvalue weighted by Gasteiger charge is 2.31. The van der Waals surface area contributed by atoms with Gasteiger partial charge in [-0.2, -0.15) is 4.31 Å². The van der Waals surface area contributed by atoms with Crippen molar-refractivity contribution in [3.8, 4) is 0 Å². The molecule has 1 aliphatic heterocycles. The number of carbonyl (C=O) groups is 1. The summed E-state index contributed by atoms with van der Waals surface area (Å²) in [4.78, 5) is 20.5. The van der Waals surface area contributed by atoms with Crippen molar-refractivity contribution in [1.82, 2.24) is 9.62 Å². The van der Waals surface area contributed by atoms with Crippen LogP contribution in [0.2, 0.25) is 0 Å². The lowest BCUT2D eigenvalue weighted by Gasteiger charge is -2.18. The highest BCUT2D eigenvalue weighted by atomic mass is 32.2. The third-order valence-electron chi connectivity index (χ3n) is 2.97. The van der Waals surface area contributed by atoms with Gasteiger partial charge in [0.25, 0.3) is 5.69 Å². The van der Waals surface area contributed by atoms with Crippen molar-refractivity contribution in [2.45, 2.75) is 11.3 Å². The lowest BCUT2D eigenvalue weighted by Crippen LogP contribution is -2.37. The Morgan fingerprint density at radius 1 is 1.38 bits per heavy atom. The fraction of sp³-hybridized carbons (Fsp3) is 0.364. The van der Waals surface area contributed by atoms with Gasteiger partial charge in [0, 0.05) is 25.2 Å². The van der Waals surface area contributed by atoms with Crippen LogP contribution >= 0.6 is 0 Å². The summed E-state index contributed by atoms with van der Waals surface area (Å²) in [5.41, 5.74) is -0.533. The van der Waals surface area contributed by atoms with Crippen molar-refractivity contribution in [2.75, 3.05) is 19.6 Å². The SMILES string of the molecule is O=C1CN(S(=O)(=O)c2cc([N+](=O)[O-])ccc2F)CCCN1. The van der Waals surface area contributed by atoms with Gasteiger partial charge in [0.1, 0.15) is 10.7 Å². The van der Waals surface area contributed by atoms with Gasteiger partial charge in [0.2, 0.25) is 15.9 Å². The predicted octanol–water partition coefficient (Wildman–Crippen LogP) is 0.245. The van der Waals surface area contributed by atoms with Crippen LogP contribution in [0.25, 0.3) is 0 Å². The molecular formula is C11H12FN3O5S. The molecule has 1 saturated heterocycles. The van der Waals surface area contributed by atoms with E-state index in [1.165, 1.54) is 0 Å². The predicted molar refractivity (Wildman–Crippen MR) is 69.4 cm³/mol. The third-order valence-corrected chi connectivity index (χ3v) is 4.83. The normalized spacial score (nSPS) is 17.1. The molecule has 0 aliphatic carbocycles. The number of amides is 1. The maximum absolute atomic E-state index is 13.8. The molecule has 1 aromatic carbocycles. The second-order valence-corrected chi connectivity index (χ2v) is 6.32. The minimum atomic E-state index is -4.31.